The lowest BCUT2D eigenvalue weighted by molar-refractivity contribution is -0.135. The predicted octanol–water partition coefficient (Wildman–Crippen LogP) is 3.45. The van der Waals surface area contributed by atoms with Crippen molar-refractivity contribution in [1.82, 2.24) is 4.90 Å². The highest BCUT2D eigenvalue weighted by Gasteiger charge is 2.19. The zero-order valence-corrected chi connectivity index (χ0v) is 14.7. The van der Waals surface area contributed by atoms with E-state index in [1.165, 1.54) is 23.1 Å². The van der Waals surface area contributed by atoms with Crippen molar-refractivity contribution in [3.63, 3.8) is 0 Å². The number of hydrogen-bond donors (Lipinski definition) is 0. The highest BCUT2D eigenvalue weighted by atomic mass is 19.1. The van der Waals surface area contributed by atoms with Crippen molar-refractivity contribution >= 4 is 16.9 Å². The number of amides is 1. The first kappa shape index (κ1) is 17.7. The van der Waals surface area contributed by atoms with Gasteiger partial charge in [-0.1, -0.05) is 30.3 Å². The van der Waals surface area contributed by atoms with E-state index in [-0.39, 0.29) is 22.6 Å². The Hall–Kier alpha value is -3.15. The van der Waals surface area contributed by atoms with Crippen LogP contribution in [0.2, 0.25) is 0 Å². The van der Waals surface area contributed by atoms with Gasteiger partial charge < -0.3 is 14.1 Å². The summed E-state index contributed by atoms with van der Waals surface area (Å²) in [5.41, 5.74) is 0.619. The Balaban J connectivity index is 2.10. The third kappa shape index (κ3) is 3.44. The van der Waals surface area contributed by atoms with Gasteiger partial charge in [0.15, 0.2) is 6.10 Å². The second-order valence-corrected chi connectivity index (χ2v) is 6.12. The molecule has 0 aliphatic heterocycles. The summed E-state index contributed by atoms with van der Waals surface area (Å²) in [4.78, 5) is 25.2. The number of likely N-dealkylation sites (N-methyl/N-ethyl adjacent to an activating group) is 1. The molecule has 0 radical (unpaired) electrons. The second kappa shape index (κ2) is 7.00. The SMILES string of the molecule is CC(Oc1cc(F)c2c(-c3ccccc3)cc(=O)oc2c1)C(=O)N(C)C. The largest absolute Gasteiger partial charge is 0.481 e. The van der Waals surface area contributed by atoms with Crippen molar-refractivity contribution in [2.24, 2.45) is 0 Å². The standard InChI is InChI=1S/C20H18FNO4/c1-12(20(24)22(2)3)25-14-9-16(21)19-15(13-7-5-4-6-8-13)11-18(23)26-17(19)10-14/h4-12H,1-3H3. The Labute approximate surface area is 149 Å². The van der Waals surface area contributed by atoms with Gasteiger partial charge in [-0.15, -0.1) is 0 Å². The number of ether oxygens (including phenoxy) is 1. The number of carbonyl (C=O) groups excluding carboxylic acids is 1. The van der Waals surface area contributed by atoms with Gasteiger partial charge >= 0.3 is 5.63 Å². The highest BCUT2D eigenvalue weighted by Crippen LogP contribution is 2.32. The van der Waals surface area contributed by atoms with Gasteiger partial charge in [0, 0.05) is 37.9 Å². The number of hydrogen-bond acceptors (Lipinski definition) is 4. The van der Waals surface area contributed by atoms with E-state index in [2.05, 4.69) is 0 Å². The summed E-state index contributed by atoms with van der Waals surface area (Å²) in [5.74, 6) is -0.735. The number of benzene rings is 2. The highest BCUT2D eigenvalue weighted by molar-refractivity contribution is 5.94. The summed E-state index contributed by atoms with van der Waals surface area (Å²) in [6.45, 7) is 1.57. The average Bonchev–Trinajstić information content (AvgIpc) is 2.60. The Bertz CT molecular complexity index is 1010. The zero-order valence-electron chi connectivity index (χ0n) is 14.7. The van der Waals surface area contributed by atoms with Crippen LogP contribution in [-0.4, -0.2) is 31.0 Å². The fourth-order valence-electron chi connectivity index (χ4n) is 2.76. The van der Waals surface area contributed by atoms with E-state index in [1.807, 2.05) is 6.07 Å². The van der Waals surface area contributed by atoms with Gasteiger partial charge in [-0.3, -0.25) is 4.79 Å². The molecule has 0 fully saturated rings. The number of fused-ring (bicyclic) bond motifs is 1. The van der Waals surface area contributed by atoms with Gasteiger partial charge in [-0.2, -0.15) is 0 Å². The van der Waals surface area contributed by atoms with E-state index < -0.39 is 17.5 Å². The van der Waals surface area contributed by atoms with E-state index in [1.54, 1.807) is 45.3 Å². The summed E-state index contributed by atoms with van der Waals surface area (Å²) < 4.78 is 25.5. The Morgan fingerprint density at radius 1 is 1.15 bits per heavy atom. The van der Waals surface area contributed by atoms with Crippen LogP contribution in [0.25, 0.3) is 22.1 Å². The van der Waals surface area contributed by atoms with Crippen molar-refractivity contribution < 1.29 is 18.3 Å². The molecule has 1 amide bonds. The molecule has 5 nitrogen and oxygen atoms in total. The molecule has 0 bridgehead atoms. The molecule has 0 N–H and O–H groups in total. The maximum Gasteiger partial charge on any atom is 0.336 e. The molecule has 0 aliphatic rings. The molecule has 1 heterocycles. The molecule has 3 aromatic rings. The van der Waals surface area contributed by atoms with Gasteiger partial charge in [0.25, 0.3) is 5.91 Å². The lowest BCUT2D eigenvalue weighted by Gasteiger charge is -2.18. The monoisotopic (exact) mass is 355 g/mol. The summed E-state index contributed by atoms with van der Waals surface area (Å²) in [6, 6.07) is 12.9. The van der Waals surface area contributed by atoms with Crippen molar-refractivity contribution in [2.45, 2.75) is 13.0 Å². The maximum atomic E-state index is 14.8. The molecule has 2 aromatic carbocycles. The average molecular weight is 355 g/mol. The quantitative estimate of drug-likeness (QED) is 0.673. The fourth-order valence-corrected chi connectivity index (χ4v) is 2.76. The lowest BCUT2D eigenvalue weighted by Crippen LogP contribution is -2.35. The van der Waals surface area contributed by atoms with E-state index in [4.69, 9.17) is 9.15 Å². The third-order valence-corrected chi connectivity index (χ3v) is 3.96. The lowest BCUT2D eigenvalue weighted by atomic mass is 10.0. The first-order valence-electron chi connectivity index (χ1n) is 8.07. The first-order valence-corrected chi connectivity index (χ1v) is 8.07. The molecule has 1 unspecified atom stereocenters. The van der Waals surface area contributed by atoms with Gasteiger partial charge in [0.2, 0.25) is 0 Å². The van der Waals surface area contributed by atoms with Crippen LogP contribution in [0.1, 0.15) is 6.92 Å². The first-order chi connectivity index (χ1) is 12.4. The zero-order chi connectivity index (χ0) is 18.8. The molecule has 3 rings (SSSR count). The van der Waals surface area contributed by atoms with E-state index in [9.17, 15) is 14.0 Å². The van der Waals surface area contributed by atoms with E-state index in [0.29, 0.717) is 11.1 Å². The third-order valence-electron chi connectivity index (χ3n) is 3.96. The summed E-state index contributed by atoms with van der Waals surface area (Å²) in [7, 11) is 3.21. The molecular weight excluding hydrogens is 337 g/mol. The van der Waals surface area contributed by atoms with Crippen LogP contribution in [0.3, 0.4) is 0 Å². The molecule has 1 atom stereocenters. The number of nitrogens with zero attached hydrogens (tertiary/aromatic N) is 1. The summed E-state index contributed by atoms with van der Waals surface area (Å²) in [5, 5.41) is 0.190. The Kier molecular flexibility index (Phi) is 4.75. The van der Waals surface area contributed by atoms with Crippen LogP contribution in [0.5, 0.6) is 5.75 Å². The second-order valence-electron chi connectivity index (χ2n) is 6.12. The van der Waals surface area contributed by atoms with Crippen molar-refractivity contribution in [1.29, 1.82) is 0 Å². The van der Waals surface area contributed by atoms with Crippen molar-refractivity contribution in [2.75, 3.05) is 14.1 Å². The Morgan fingerprint density at radius 2 is 1.85 bits per heavy atom. The molecule has 0 aliphatic carbocycles. The van der Waals surface area contributed by atoms with Crippen molar-refractivity contribution in [3.05, 3.63) is 64.8 Å². The maximum absolute atomic E-state index is 14.8. The number of carbonyl (C=O) groups is 1. The van der Waals surface area contributed by atoms with Crippen LogP contribution >= 0.6 is 0 Å². The molecule has 1 aromatic heterocycles. The van der Waals surface area contributed by atoms with Gasteiger partial charge in [-0.05, 0) is 12.5 Å². The normalized spacial score (nSPS) is 12.0. The van der Waals surface area contributed by atoms with Gasteiger partial charge in [-0.25, -0.2) is 9.18 Å². The topological polar surface area (TPSA) is 59.8 Å². The van der Waals surface area contributed by atoms with Crippen LogP contribution in [0, 0.1) is 5.82 Å². The summed E-state index contributed by atoms with van der Waals surface area (Å²) >= 11 is 0. The van der Waals surface area contributed by atoms with Crippen LogP contribution < -0.4 is 10.4 Å². The number of rotatable bonds is 4. The molecule has 0 spiro atoms. The van der Waals surface area contributed by atoms with E-state index >= 15 is 0 Å². The number of halogens is 1. The minimum atomic E-state index is -0.800. The van der Waals surface area contributed by atoms with Crippen LogP contribution in [0.15, 0.2) is 57.7 Å². The predicted molar refractivity (Wildman–Crippen MR) is 96.7 cm³/mol. The molecule has 0 saturated heterocycles. The van der Waals surface area contributed by atoms with E-state index in [0.717, 1.165) is 0 Å². The van der Waals surface area contributed by atoms with Crippen LogP contribution in [-0.2, 0) is 4.79 Å². The van der Waals surface area contributed by atoms with Crippen molar-refractivity contribution in [3.8, 4) is 16.9 Å². The smallest absolute Gasteiger partial charge is 0.336 e. The van der Waals surface area contributed by atoms with Gasteiger partial charge in [0.05, 0.1) is 5.39 Å². The summed E-state index contributed by atoms with van der Waals surface area (Å²) in [6.07, 6.45) is -0.800. The minimum absolute atomic E-state index is 0.0656. The molecular formula is C20H18FNO4. The minimum Gasteiger partial charge on any atom is -0.481 e. The molecule has 0 saturated carbocycles. The Morgan fingerprint density at radius 3 is 2.50 bits per heavy atom. The molecule has 134 valence electrons. The fraction of sp³-hybridized carbons (Fsp3) is 0.200. The molecule has 26 heavy (non-hydrogen) atoms. The van der Waals surface area contributed by atoms with Crippen LogP contribution in [0.4, 0.5) is 4.39 Å². The molecule has 6 heteroatoms. The van der Waals surface area contributed by atoms with Gasteiger partial charge in [0.1, 0.15) is 17.1 Å².